The Balaban J connectivity index is 1.66. The van der Waals surface area contributed by atoms with Gasteiger partial charge >= 0.3 is 0 Å². The van der Waals surface area contributed by atoms with E-state index in [0.29, 0.717) is 11.6 Å². The Labute approximate surface area is 134 Å². The Morgan fingerprint density at radius 2 is 2.27 bits per heavy atom. The molecule has 1 aliphatic carbocycles. The van der Waals surface area contributed by atoms with Crippen LogP contribution >= 0.6 is 11.3 Å². The molecule has 3 aliphatic rings. The number of hydrogen-bond donors (Lipinski definition) is 0. The number of thiophene rings is 1. The summed E-state index contributed by atoms with van der Waals surface area (Å²) < 4.78 is 0. The third-order valence-electron chi connectivity index (χ3n) is 4.64. The lowest BCUT2D eigenvalue weighted by Crippen LogP contribution is -2.44. The second kappa shape index (κ2) is 5.08. The molecule has 3 heterocycles. The quantitative estimate of drug-likeness (QED) is 0.858. The zero-order valence-corrected chi connectivity index (χ0v) is 13.6. The fourth-order valence-corrected chi connectivity index (χ4v) is 4.05. The van der Waals surface area contributed by atoms with Crippen LogP contribution in [-0.4, -0.2) is 28.3 Å². The van der Waals surface area contributed by atoms with Gasteiger partial charge in [-0.1, -0.05) is 0 Å². The molecule has 0 N–H and O–H groups in total. The molecule has 22 heavy (non-hydrogen) atoms. The SMILES string of the molecule is CC1=CC(c2sccc2C#N)=NC2=CCN([C@H](C)C3CC3)N12. The Morgan fingerprint density at radius 1 is 1.45 bits per heavy atom. The zero-order valence-electron chi connectivity index (χ0n) is 12.8. The number of rotatable bonds is 3. The summed E-state index contributed by atoms with van der Waals surface area (Å²) in [5.74, 6) is 1.83. The van der Waals surface area contributed by atoms with Crippen molar-refractivity contribution in [1.82, 2.24) is 10.0 Å². The smallest absolute Gasteiger partial charge is 0.145 e. The molecule has 0 amide bonds. The first-order chi connectivity index (χ1) is 10.7. The normalized spacial score (nSPS) is 22.6. The summed E-state index contributed by atoms with van der Waals surface area (Å²) >= 11 is 1.58. The molecule has 1 saturated carbocycles. The summed E-state index contributed by atoms with van der Waals surface area (Å²) in [7, 11) is 0. The molecule has 1 fully saturated rings. The summed E-state index contributed by atoms with van der Waals surface area (Å²) in [4.78, 5) is 5.77. The number of aliphatic imine (C=N–C) groups is 1. The van der Waals surface area contributed by atoms with Crippen LogP contribution in [-0.2, 0) is 0 Å². The molecule has 0 saturated heterocycles. The van der Waals surface area contributed by atoms with Gasteiger partial charge in [0.1, 0.15) is 11.9 Å². The van der Waals surface area contributed by atoms with E-state index < -0.39 is 0 Å². The van der Waals surface area contributed by atoms with Gasteiger partial charge in [0.2, 0.25) is 0 Å². The third kappa shape index (κ3) is 2.11. The van der Waals surface area contributed by atoms with Gasteiger partial charge in [0.05, 0.1) is 16.2 Å². The summed E-state index contributed by atoms with van der Waals surface area (Å²) in [6.45, 7) is 5.36. The van der Waals surface area contributed by atoms with Crippen LogP contribution in [0.2, 0.25) is 0 Å². The van der Waals surface area contributed by atoms with Crippen LogP contribution in [0.4, 0.5) is 0 Å². The first kappa shape index (κ1) is 13.7. The minimum absolute atomic E-state index is 0.560. The van der Waals surface area contributed by atoms with Gasteiger partial charge in [0.25, 0.3) is 0 Å². The van der Waals surface area contributed by atoms with Gasteiger partial charge in [-0.25, -0.2) is 10.0 Å². The van der Waals surface area contributed by atoms with Crippen molar-refractivity contribution in [2.45, 2.75) is 32.7 Å². The molecule has 0 unspecified atom stereocenters. The number of hydrogen-bond acceptors (Lipinski definition) is 5. The monoisotopic (exact) mass is 310 g/mol. The van der Waals surface area contributed by atoms with E-state index in [0.717, 1.165) is 28.9 Å². The topological polar surface area (TPSA) is 42.6 Å². The number of nitriles is 1. The first-order valence-electron chi connectivity index (χ1n) is 7.71. The average Bonchev–Trinajstić information content (AvgIpc) is 3.10. The maximum absolute atomic E-state index is 9.22. The van der Waals surface area contributed by atoms with Crippen molar-refractivity contribution in [3.8, 4) is 6.07 Å². The van der Waals surface area contributed by atoms with Gasteiger partial charge in [-0.3, -0.25) is 5.01 Å². The molecule has 0 aromatic carbocycles. The fourth-order valence-electron chi connectivity index (χ4n) is 3.25. The molecule has 0 radical (unpaired) electrons. The van der Waals surface area contributed by atoms with E-state index in [9.17, 15) is 5.26 Å². The standard InChI is InChI=1S/C17H18N4S/c1-11-9-15(17-14(10-18)6-8-22-17)19-16-5-7-20(21(11)16)12(2)13-3-4-13/h5-6,8-9,12-13H,3-4,7H2,1-2H3/t12-/m1/s1. The highest BCUT2D eigenvalue weighted by atomic mass is 32.1. The van der Waals surface area contributed by atoms with E-state index in [1.165, 1.54) is 18.5 Å². The van der Waals surface area contributed by atoms with Crippen LogP contribution in [0, 0.1) is 17.2 Å². The van der Waals surface area contributed by atoms with Crippen molar-refractivity contribution >= 4 is 17.0 Å². The highest BCUT2D eigenvalue weighted by molar-refractivity contribution is 7.12. The van der Waals surface area contributed by atoms with Crippen LogP contribution in [0.15, 0.2) is 40.1 Å². The van der Waals surface area contributed by atoms with Crippen LogP contribution in [0.25, 0.3) is 0 Å². The van der Waals surface area contributed by atoms with Crippen LogP contribution in [0.3, 0.4) is 0 Å². The Bertz CT molecular complexity index is 745. The van der Waals surface area contributed by atoms with Gasteiger partial charge in [-0.15, -0.1) is 11.3 Å². The van der Waals surface area contributed by atoms with Gasteiger partial charge in [-0.05, 0) is 56.2 Å². The van der Waals surface area contributed by atoms with E-state index in [1.54, 1.807) is 11.3 Å². The van der Waals surface area contributed by atoms with Crippen molar-refractivity contribution in [1.29, 1.82) is 5.26 Å². The Hall–Kier alpha value is -1.90. The zero-order chi connectivity index (χ0) is 15.3. The number of hydrazine groups is 1. The number of fused-ring (bicyclic) bond motifs is 1. The Morgan fingerprint density at radius 3 is 3.00 bits per heavy atom. The first-order valence-corrected chi connectivity index (χ1v) is 8.59. The molecule has 4 rings (SSSR count). The highest BCUT2D eigenvalue weighted by Crippen LogP contribution is 2.39. The number of nitrogens with zero attached hydrogens (tertiary/aromatic N) is 4. The molecular weight excluding hydrogens is 292 g/mol. The maximum Gasteiger partial charge on any atom is 0.145 e. The van der Waals surface area contributed by atoms with Crippen molar-refractivity contribution in [2.75, 3.05) is 6.54 Å². The van der Waals surface area contributed by atoms with Gasteiger partial charge in [0, 0.05) is 18.3 Å². The molecule has 1 aromatic rings. The lowest BCUT2D eigenvalue weighted by atomic mass is 10.1. The summed E-state index contributed by atoms with van der Waals surface area (Å²) in [6.07, 6.45) is 6.98. The highest BCUT2D eigenvalue weighted by Gasteiger charge is 2.38. The molecular formula is C17H18N4S. The summed E-state index contributed by atoms with van der Waals surface area (Å²) in [6, 6.07) is 4.68. The van der Waals surface area contributed by atoms with Gasteiger partial charge < -0.3 is 0 Å². The van der Waals surface area contributed by atoms with Crippen molar-refractivity contribution in [3.05, 3.63) is 45.6 Å². The van der Waals surface area contributed by atoms with E-state index in [2.05, 4.69) is 42.1 Å². The summed E-state index contributed by atoms with van der Waals surface area (Å²) in [5, 5.41) is 15.8. The number of allylic oxidation sites excluding steroid dienone is 2. The van der Waals surface area contributed by atoms with E-state index in [-0.39, 0.29) is 0 Å². The minimum atomic E-state index is 0.560. The van der Waals surface area contributed by atoms with Gasteiger partial charge in [-0.2, -0.15) is 5.26 Å². The predicted molar refractivity (Wildman–Crippen MR) is 88.1 cm³/mol. The van der Waals surface area contributed by atoms with Crippen molar-refractivity contribution in [2.24, 2.45) is 10.9 Å². The minimum Gasteiger partial charge on any atom is -0.261 e. The van der Waals surface area contributed by atoms with Crippen molar-refractivity contribution in [3.63, 3.8) is 0 Å². The molecule has 2 aliphatic heterocycles. The van der Waals surface area contributed by atoms with Gasteiger partial charge in [0.15, 0.2) is 0 Å². The fraction of sp³-hybridized carbons (Fsp3) is 0.412. The predicted octanol–water partition coefficient (Wildman–Crippen LogP) is 3.50. The molecule has 1 atom stereocenters. The molecule has 0 bridgehead atoms. The molecule has 4 nitrogen and oxygen atoms in total. The Kier molecular flexibility index (Phi) is 3.17. The molecule has 1 aromatic heterocycles. The van der Waals surface area contributed by atoms with Crippen LogP contribution in [0.5, 0.6) is 0 Å². The molecule has 5 heteroatoms. The van der Waals surface area contributed by atoms with E-state index in [4.69, 9.17) is 4.99 Å². The average molecular weight is 310 g/mol. The maximum atomic E-state index is 9.22. The summed E-state index contributed by atoms with van der Waals surface area (Å²) in [5.41, 5.74) is 2.80. The second-order valence-corrected chi connectivity index (χ2v) is 7.05. The van der Waals surface area contributed by atoms with Crippen molar-refractivity contribution < 1.29 is 0 Å². The second-order valence-electron chi connectivity index (χ2n) is 6.13. The molecule has 112 valence electrons. The van der Waals surface area contributed by atoms with Crippen LogP contribution < -0.4 is 0 Å². The molecule has 0 spiro atoms. The largest absolute Gasteiger partial charge is 0.261 e. The van der Waals surface area contributed by atoms with E-state index >= 15 is 0 Å². The third-order valence-corrected chi connectivity index (χ3v) is 5.58. The van der Waals surface area contributed by atoms with E-state index in [1.807, 2.05) is 11.4 Å². The van der Waals surface area contributed by atoms with Crippen LogP contribution in [0.1, 0.15) is 37.1 Å². The lowest BCUT2D eigenvalue weighted by Gasteiger charge is -2.37. The lowest BCUT2D eigenvalue weighted by molar-refractivity contribution is 0.0236.